The molecule has 2 aromatic carbocycles. The van der Waals surface area contributed by atoms with Crippen LogP contribution in [0.3, 0.4) is 0 Å². The zero-order valence-electron chi connectivity index (χ0n) is 18.0. The molecule has 31 heavy (non-hydrogen) atoms. The van der Waals surface area contributed by atoms with Gasteiger partial charge < -0.3 is 19.5 Å². The van der Waals surface area contributed by atoms with Crippen molar-refractivity contribution in [2.75, 3.05) is 38.2 Å². The number of sulfonamides is 1. The molecule has 1 heterocycles. The number of carbonyl (C=O) groups excluding carboxylic acids is 1. The van der Waals surface area contributed by atoms with E-state index >= 15 is 0 Å². The minimum Gasteiger partial charge on any atom is -0.497 e. The van der Waals surface area contributed by atoms with Crippen LogP contribution in [-0.2, 0) is 19.6 Å². The van der Waals surface area contributed by atoms with E-state index in [1.165, 1.54) is 20.3 Å². The Kier molecular flexibility index (Phi) is 7.40. The van der Waals surface area contributed by atoms with E-state index in [9.17, 15) is 13.2 Å². The SMILES string of the molecule is COc1cccc(N(CC(=O)NC[C@H]2CCCO2)S(=O)(=O)c2cc(C)ccc2OC)c1. The van der Waals surface area contributed by atoms with Crippen molar-refractivity contribution in [3.63, 3.8) is 0 Å². The standard InChI is InChI=1S/C22H28N2O6S/c1-16-9-10-20(29-3)21(12-16)31(26,27)24(17-6-4-7-18(13-17)28-2)15-22(25)23-14-19-8-5-11-30-19/h4,6-7,9-10,12-13,19H,5,8,11,14-15H2,1-3H3,(H,23,25)/t19-/m1/s1. The molecule has 0 bridgehead atoms. The van der Waals surface area contributed by atoms with Crippen molar-refractivity contribution in [2.24, 2.45) is 0 Å². The minimum absolute atomic E-state index is 0.00949. The molecule has 1 amide bonds. The summed E-state index contributed by atoms with van der Waals surface area (Å²) in [5.41, 5.74) is 1.07. The molecule has 1 N–H and O–H groups in total. The number of nitrogens with one attached hydrogen (secondary N) is 1. The van der Waals surface area contributed by atoms with Gasteiger partial charge in [-0.2, -0.15) is 0 Å². The lowest BCUT2D eigenvalue weighted by Gasteiger charge is -2.25. The Balaban J connectivity index is 1.94. The summed E-state index contributed by atoms with van der Waals surface area (Å²) in [5.74, 6) is 0.264. The van der Waals surface area contributed by atoms with Crippen molar-refractivity contribution in [2.45, 2.75) is 30.8 Å². The summed E-state index contributed by atoms with van der Waals surface area (Å²) < 4.78 is 44.4. The molecule has 0 aliphatic carbocycles. The topological polar surface area (TPSA) is 94.2 Å². The number of aryl methyl sites for hydroxylation is 1. The molecule has 8 nitrogen and oxygen atoms in total. The first-order chi connectivity index (χ1) is 14.8. The molecule has 0 radical (unpaired) electrons. The number of methoxy groups -OCH3 is 2. The maximum atomic E-state index is 13.7. The van der Waals surface area contributed by atoms with Gasteiger partial charge in [-0.25, -0.2) is 8.42 Å². The highest BCUT2D eigenvalue weighted by Gasteiger charge is 2.30. The number of hydrogen-bond acceptors (Lipinski definition) is 6. The zero-order chi connectivity index (χ0) is 22.4. The Bertz CT molecular complexity index is 1020. The lowest BCUT2D eigenvalue weighted by molar-refractivity contribution is -0.120. The number of benzene rings is 2. The molecule has 0 aromatic heterocycles. The third-order valence-corrected chi connectivity index (χ3v) is 6.86. The Morgan fingerprint density at radius 3 is 2.68 bits per heavy atom. The molecule has 9 heteroatoms. The van der Waals surface area contributed by atoms with Crippen LogP contribution >= 0.6 is 0 Å². The van der Waals surface area contributed by atoms with Gasteiger partial charge in [-0.1, -0.05) is 12.1 Å². The van der Waals surface area contributed by atoms with Crippen LogP contribution in [-0.4, -0.2) is 54.3 Å². The normalized spacial score (nSPS) is 16.0. The third-order valence-electron chi connectivity index (χ3n) is 5.07. The molecule has 168 valence electrons. The van der Waals surface area contributed by atoms with E-state index in [0.29, 0.717) is 24.6 Å². The van der Waals surface area contributed by atoms with Gasteiger partial charge in [0.2, 0.25) is 5.91 Å². The average molecular weight is 449 g/mol. The first kappa shape index (κ1) is 22.9. The first-order valence-electron chi connectivity index (χ1n) is 10.0. The predicted molar refractivity (Wildman–Crippen MR) is 117 cm³/mol. The van der Waals surface area contributed by atoms with Gasteiger partial charge in [-0.15, -0.1) is 0 Å². The van der Waals surface area contributed by atoms with Crippen molar-refractivity contribution >= 4 is 21.6 Å². The van der Waals surface area contributed by atoms with E-state index in [4.69, 9.17) is 14.2 Å². The molecule has 0 spiro atoms. The predicted octanol–water partition coefficient (Wildman–Crippen LogP) is 2.50. The van der Waals surface area contributed by atoms with Gasteiger partial charge in [0.15, 0.2) is 0 Å². The van der Waals surface area contributed by atoms with Gasteiger partial charge in [0.1, 0.15) is 22.9 Å². The highest BCUT2D eigenvalue weighted by molar-refractivity contribution is 7.93. The Labute approximate surface area is 183 Å². The summed E-state index contributed by atoms with van der Waals surface area (Å²) in [6, 6.07) is 11.5. The van der Waals surface area contributed by atoms with E-state index in [2.05, 4.69) is 5.32 Å². The second kappa shape index (κ2) is 10.0. The van der Waals surface area contributed by atoms with Gasteiger partial charge in [-0.05, 0) is 49.6 Å². The summed E-state index contributed by atoms with van der Waals surface area (Å²) in [5, 5.41) is 2.78. The Morgan fingerprint density at radius 1 is 1.19 bits per heavy atom. The summed E-state index contributed by atoms with van der Waals surface area (Å²) >= 11 is 0. The molecular weight excluding hydrogens is 420 g/mol. The van der Waals surface area contributed by atoms with Gasteiger partial charge in [0.25, 0.3) is 10.0 Å². The van der Waals surface area contributed by atoms with Crippen LogP contribution < -0.4 is 19.1 Å². The fraction of sp³-hybridized carbons (Fsp3) is 0.409. The van der Waals surface area contributed by atoms with E-state index in [1.54, 1.807) is 43.3 Å². The highest BCUT2D eigenvalue weighted by atomic mass is 32.2. The molecule has 0 saturated carbocycles. The zero-order valence-corrected chi connectivity index (χ0v) is 18.8. The van der Waals surface area contributed by atoms with Crippen molar-refractivity contribution in [3.05, 3.63) is 48.0 Å². The average Bonchev–Trinajstić information content (AvgIpc) is 3.29. The van der Waals surface area contributed by atoms with Crippen LogP contribution in [0.5, 0.6) is 11.5 Å². The third kappa shape index (κ3) is 5.48. The number of rotatable bonds is 9. The monoisotopic (exact) mass is 448 g/mol. The number of hydrogen-bond donors (Lipinski definition) is 1. The van der Waals surface area contributed by atoms with Gasteiger partial charge in [0, 0.05) is 19.2 Å². The van der Waals surface area contributed by atoms with Gasteiger partial charge in [-0.3, -0.25) is 9.10 Å². The van der Waals surface area contributed by atoms with Crippen LogP contribution in [0, 0.1) is 6.92 Å². The number of amides is 1. The van der Waals surface area contributed by atoms with Crippen LogP contribution in [0.25, 0.3) is 0 Å². The maximum absolute atomic E-state index is 13.7. The molecule has 1 atom stereocenters. The quantitative estimate of drug-likeness (QED) is 0.634. The molecule has 1 fully saturated rings. The highest BCUT2D eigenvalue weighted by Crippen LogP contribution is 2.32. The fourth-order valence-corrected chi connectivity index (χ4v) is 5.06. The van der Waals surface area contributed by atoms with Gasteiger partial charge in [0.05, 0.1) is 26.0 Å². The van der Waals surface area contributed by atoms with E-state index in [0.717, 1.165) is 22.7 Å². The van der Waals surface area contributed by atoms with Crippen molar-refractivity contribution in [1.29, 1.82) is 0 Å². The van der Waals surface area contributed by atoms with E-state index in [-0.39, 0.29) is 23.3 Å². The molecule has 3 rings (SSSR count). The van der Waals surface area contributed by atoms with Crippen molar-refractivity contribution in [1.82, 2.24) is 5.32 Å². The summed E-state index contributed by atoms with van der Waals surface area (Å²) in [4.78, 5) is 12.7. The van der Waals surface area contributed by atoms with Crippen LogP contribution in [0.2, 0.25) is 0 Å². The first-order valence-corrected chi connectivity index (χ1v) is 11.5. The number of carbonyl (C=O) groups is 1. The molecule has 2 aromatic rings. The van der Waals surface area contributed by atoms with Crippen molar-refractivity contribution < 1.29 is 27.4 Å². The summed E-state index contributed by atoms with van der Waals surface area (Å²) in [6.45, 7) is 2.43. The van der Waals surface area contributed by atoms with Gasteiger partial charge >= 0.3 is 0 Å². The Morgan fingerprint density at radius 2 is 2.00 bits per heavy atom. The van der Waals surface area contributed by atoms with Crippen molar-refractivity contribution in [3.8, 4) is 11.5 Å². The smallest absolute Gasteiger partial charge is 0.268 e. The second-order valence-electron chi connectivity index (χ2n) is 7.31. The van der Waals surface area contributed by atoms with E-state index < -0.39 is 15.9 Å². The molecule has 0 unspecified atom stereocenters. The summed E-state index contributed by atoms with van der Waals surface area (Å²) in [7, 11) is -1.21. The minimum atomic E-state index is -4.12. The summed E-state index contributed by atoms with van der Waals surface area (Å²) in [6.07, 6.45) is 1.79. The van der Waals surface area contributed by atoms with Crippen LogP contribution in [0.1, 0.15) is 18.4 Å². The molecule has 1 saturated heterocycles. The number of anilines is 1. The lowest BCUT2D eigenvalue weighted by atomic mass is 10.2. The fourth-order valence-electron chi connectivity index (χ4n) is 3.40. The second-order valence-corrected chi connectivity index (χ2v) is 9.14. The lowest BCUT2D eigenvalue weighted by Crippen LogP contribution is -2.43. The molecule has 1 aliphatic heterocycles. The maximum Gasteiger partial charge on any atom is 0.268 e. The van der Waals surface area contributed by atoms with Crippen LogP contribution in [0.15, 0.2) is 47.4 Å². The number of nitrogens with zero attached hydrogens (tertiary/aromatic N) is 1. The molecule has 1 aliphatic rings. The molecular formula is C22H28N2O6S. The van der Waals surface area contributed by atoms with Crippen LogP contribution in [0.4, 0.5) is 5.69 Å². The van der Waals surface area contributed by atoms with E-state index in [1.807, 2.05) is 0 Å². The number of ether oxygens (including phenoxy) is 3. The largest absolute Gasteiger partial charge is 0.497 e. The Hall–Kier alpha value is -2.78.